The second-order valence-electron chi connectivity index (χ2n) is 10.2. The topological polar surface area (TPSA) is 25.8 Å². The van der Waals surface area contributed by atoms with Crippen molar-refractivity contribution in [2.45, 2.75) is 0 Å². The summed E-state index contributed by atoms with van der Waals surface area (Å²) in [4.78, 5) is 9.67. The first-order valence-electron chi connectivity index (χ1n) is 13.2. The van der Waals surface area contributed by atoms with Crippen LogP contribution < -0.4 is 0 Å². The van der Waals surface area contributed by atoms with E-state index in [4.69, 9.17) is 4.98 Å². The molecule has 0 amide bonds. The van der Waals surface area contributed by atoms with E-state index >= 15 is 0 Å². The van der Waals surface area contributed by atoms with Crippen LogP contribution in [-0.4, -0.2) is 9.97 Å². The van der Waals surface area contributed by atoms with Crippen molar-refractivity contribution in [3.63, 3.8) is 0 Å². The lowest BCUT2D eigenvalue weighted by molar-refractivity contribution is 1.37. The Balaban J connectivity index is 1.18. The molecule has 0 saturated heterocycles. The molecule has 0 atom stereocenters. The third-order valence-corrected chi connectivity index (χ3v) is 9.22. The van der Waals surface area contributed by atoms with Crippen molar-refractivity contribution >= 4 is 74.9 Å². The van der Waals surface area contributed by atoms with Gasteiger partial charge in [0.15, 0.2) is 0 Å². The molecule has 0 unspecified atom stereocenters. The normalized spacial score (nSPS) is 12.1. The molecule has 0 bridgehead atoms. The van der Waals surface area contributed by atoms with Crippen LogP contribution in [0, 0.1) is 0 Å². The predicted molar refractivity (Wildman–Crippen MR) is 167 cm³/mol. The van der Waals surface area contributed by atoms with Crippen molar-refractivity contribution in [1.82, 2.24) is 9.97 Å². The Bertz CT molecular complexity index is 2400. The third-order valence-electron chi connectivity index (χ3n) is 8.03. The fraction of sp³-hybridized carbons (Fsp3) is 0. The maximum atomic E-state index is 5.05. The summed E-state index contributed by atoms with van der Waals surface area (Å²) in [6, 6.07) is 41.7. The number of nitrogens with zero attached hydrogens (tertiary/aromatic N) is 2. The zero-order valence-corrected chi connectivity index (χ0v) is 21.7. The van der Waals surface area contributed by atoms with Crippen LogP contribution in [0.15, 0.2) is 121 Å². The van der Waals surface area contributed by atoms with Gasteiger partial charge in [0.05, 0.1) is 16.7 Å². The van der Waals surface area contributed by atoms with Gasteiger partial charge < -0.3 is 0 Å². The number of hydrogen-bond acceptors (Lipinski definition) is 3. The van der Waals surface area contributed by atoms with Crippen molar-refractivity contribution in [1.29, 1.82) is 0 Å². The lowest BCUT2D eigenvalue weighted by Gasteiger charge is -2.10. The molecule has 0 fully saturated rings. The van der Waals surface area contributed by atoms with Crippen molar-refractivity contribution in [3.05, 3.63) is 121 Å². The van der Waals surface area contributed by atoms with Gasteiger partial charge in [-0.15, -0.1) is 11.3 Å². The summed E-state index contributed by atoms with van der Waals surface area (Å²) in [5.41, 5.74) is 6.53. The summed E-state index contributed by atoms with van der Waals surface area (Å²) < 4.78 is 2.73. The van der Waals surface area contributed by atoms with Gasteiger partial charge in [0, 0.05) is 42.7 Å². The number of rotatable bonds is 2. The van der Waals surface area contributed by atoms with E-state index in [0.717, 1.165) is 33.1 Å². The number of thiophene rings is 1. The van der Waals surface area contributed by atoms with E-state index in [9.17, 15) is 0 Å². The van der Waals surface area contributed by atoms with Gasteiger partial charge in [-0.3, -0.25) is 4.98 Å². The summed E-state index contributed by atoms with van der Waals surface area (Å²) >= 11 is 1.90. The largest absolute Gasteiger partial charge is 0.254 e. The molecule has 39 heavy (non-hydrogen) atoms. The van der Waals surface area contributed by atoms with E-state index in [1.54, 1.807) is 0 Å². The highest BCUT2D eigenvalue weighted by atomic mass is 32.1. The van der Waals surface area contributed by atoms with Crippen LogP contribution in [-0.2, 0) is 0 Å². The van der Waals surface area contributed by atoms with Crippen molar-refractivity contribution in [2.24, 2.45) is 0 Å². The highest BCUT2D eigenvalue weighted by molar-refractivity contribution is 7.26. The van der Waals surface area contributed by atoms with Gasteiger partial charge in [-0.2, -0.15) is 0 Å². The molecule has 9 rings (SSSR count). The number of hydrogen-bond donors (Lipinski definition) is 0. The monoisotopic (exact) mass is 512 g/mol. The third kappa shape index (κ3) is 3.08. The van der Waals surface area contributed by atoms with Crippen molar-refractivity contribution in [2.75, 3.05) is 0 Å². The van der Waals surface area contributed by atoms with Crippen LogP contribution in [0.2, 0.25) is 0 Å². The maximum absolute atomic E-state index is 5.05. The van der Waals surface area contributed by atoms with Gasteiger partial charge >= 0.3 is 0 Å². The lowest BCUT2D eigenvalue weighted by atomic mass is 9.95. The number of fused-ring (bicyclic) bond motifs is 4. The lowest BCUT2D eigenvalue weighted by Crippen LogP contribution is -1.89. The van der Waals surface area contributed by atoms with E-state index in [-0.39, 0.29) is 0 Å². The first-order chi connectivity index (χ1) is 19.3. The minimum absolute atomic E-state index is 0.947. The Morgan fingerprint density at radius 3 is 2.05 bits per heavy atom. The molecule has 0 aliphatic heterocycles. The Hall–Kier alpha value is -4.86. The number of aromatic nitrogens is 2. The Kier molecular flexibility index (Phi) is 4.24. The number of benzene rings is 6. The van der Waals surface area contributed by atoms with E-state index in [1.165, 1.54) is 52.8 Å². The fourth-order valence-electron chi connectivity index (χ4n) is 6.11. The second kappa shape index (κ2) is 7.83. The van der Waals surface area contributed by atoms with Crippen LogP contribution in [0.25, 0.3) is 85.9 Å². The second-order valence-corrected chi connectivity index (χ2v) is 11.3. The van der Waals surface area contributed by atoms with Crippen molar-refractivity contribution in [3.8, 4) is 22.4 Å². The Morgan fingerprint density at radius 1 is 0.487 bits per heavy atom. The average Bonchev–Trinajstić information content (AvgIpc) is 3.40. The van der Waals surface area contributed by atoms with Gasteiger partial charge in [0.25, 0.3) is 0 Å². The van der Waals surface area contributed by atoms with E-state index in [2.05, 4.69) is 114 Å². The SMILES string of the molecule is c1cnc2c(c1)ccc1ccc(-c3ccc4cc(-c5ccc6ccc7cccc8sc5c6c78)ccc4c3)nc12. The molecule has 9 aromatic rings. The molecule has 3 heteroatoms. The fourth-order valence-corrected chi connectivity index (χ4v) is 7.42. The summed E-state index contributed by atoms with van der Waals surface area (Å²) in [6.45, 7) is 0. The summed E-state index contributed by atoms with van der Waals surface area (Å²) in [7, 11) is 0. The highest BCUT2D eigenvalue weighted by Crippen LogP contribution is 2.45. The molecule has 0 saturated carbocycles. The first kappa shape index (κ1) is 21.1. The van der Waals surface area contributed by atoms with Crippen LogP contribution >= 0.6 is 11.3 Å². The van der Waals surface area contributed by atoms with Crippen LogP contribution in [0.4, 0.5) is 0 Å². The maximum Gasteiger partial charge on any atom is 0.0972 e. The summed E-state index contributed by atoms with van der Waals surface area (Å²) in [6.07, 6.45) is 1.84. The zero-order valence-electron chi connectivity index (χ0n) is 20.8. The molecular weight excluding hydrogens is 492 g/mol. The van der Waals surface area contributed by atoms with Gasteiger partial charge in [0.2, 0.25) is 0 Å². The molecule has 180 valence electrons. The molecule has 2 nitrogen and oxygen atoms in total. The molecule has 0 aliphatic rings. The number of pyridine rings is 2. The molecule has 0 N–H and O–H groups in total. The minimum Gasteiger partial charge on any atom is -0.254 e. The van der Waals surface area contributed by atoms with Crippen LogP contribution in [0.3, 0.4) is 0 Å². The zero-order chi connectivity index (χ0) is 25.5. The van der Waals surface area contributed by atoms with Crippen LogP contribution in [0.5, 0.6) is 0 Å². The molecule has 0 radical (unpaired) electrons. The van der Waals surface area contributed by atoms with E-state index in [1.807, 2.05) is 23.6 Å². The predicted octanol–water partition coefficient (Wildman–Crippen LogP) is 10.2. The molecule has 3 heterocycles. The average molecular weight is 513 g/mol. The minimum atomic E-state index is 0.947. The first-order valence-corrected chi connectivity index (χ1v) is 14.0. The molecule has 0 spiro atoms. The van der Waals surface area contributed by atoms with Crippen LogP contribution in [0.1, 0.15) is 0 Å². The van der Waals surface area contributed by atoms with Gasteiger partial charge in [-0.05, 0) is 63.0 Å². The smallest absolute Gasteiger partial charge is 0.0972 e. The summed E-state index contributed by atoms with van der Waals surface area (Å²) in [5, 5.41) is 10.1. The van der Waals surface area contributed by atoms with Crippen molar-refractivity contribution < 1.29 is 0 Å². The van der Waals surface area contributed by atoms with E-state index < -0.39 is 0 Å². The van der Waals surface area contributed by atoms with Gasteiger partial charge in [-0.1, -0.05) is 84.9 Å². The Labute approximate surface area is 228 Å². The molecule has 0 aliphatic carbocycles. The molecule has 3 aromatic heterocycles. The molecule has 6 aromatic carbocycles. The Morgan fingerprint density at radius 2 is 1.15 bits per heavy atom. The quantitative estimate of drug-likeness (QED) is 0.215. The molecular formula is C36H20N2S. The standard InChI is InChI=1S/C36H20N2S/c1-3-21-6-7-22-14-16-29(36-33(22)32(21)31(5-1)39-36)27-12-10-26-20-28(13-11-25(26)19-27)30-17-15-24-9-8-23-4-2-18-37-34(23)35(24)38-30/h1-20H. The van der Waals surface area contributed by atoms with E-state index in [0.29, 0.717) is 0 Å². The summed E-state index contributed by atoms with van der Waals surface area (Å²) in [5.74, 6) is 0. The van der Waals surface area contributed by atoms with Gasteiger partial charge in [-0.25, -0.2) is 4.98 Å². The van der Waals surface area contributed by atoms with Gasteiger partial charge in [0.1, 0.15) is 0 Å². The highest BCUT2D eigenvalue weighted by Gasteiger charge is 2.15.